The van der Waals surface area contributed by atoms with Crippen molar-refractivity contribution in [2.45, 2.75) is 0 Å². The van der Waals surface area contributed by atoms with Crippen LogP contribution in [0.3, 0.4) is 0 Å². The fraction of sp³-hybridized carbons (Fsp3) is 0. The van der Waals surface area contributed by atoms with E-state index in [1.807, 2.05) is 0 Å². The van der Waals surface area contributed by atoms with E-state index in [-0.39, 0.29) is 10.3 Å². The first-order valence-electron chi connectivity index (χ1n) is 2.39. The highest BCUT2D eigenvalue weighted by atomic mass is 32.2. The van der Waals surface area contributed by atoms with E-state index in [1.165, 1.54) is 0 Å². The van der Waals surface area contributed by atoms with E-state index in [1.54, 1.807) is 0 Å². The second-order valence-corrected chi connectivity index (χ2v) is 2.76. The van der Waals surface area contributed by atoms with Gasteiger partial charge in [-0.1, -0.05) is 0 Å². The zero-order valence-corrected chi connectivity index (χ0v) is 6.65. The van der Waals surface area contributed by atoms with Crippen molar-refractivity contribution in [3.8, 4) is 0 Å². The lowest BCUT2D eigenvalue weighted by Crippen LogP contribution is -2.54. The van der Waals surface area contributed by atoms with Gasteiger partial charge in [0.05, 0.1) is 0 Å². The first-order chi connectivity index (χ1) is 5.24. The zero-order chi connectivity index (χ0) is 9.94. The number of rotatable bonds is 2. The maximum absolute atomic E-state index is 10.2. The third-order valence-corrected chi connectivity index (χ3v) is 1.01. The van der Waals surface area contributed by atoms with Gasteiger partial charge in [0.25, 0.3) is 5.96 Å². The lowest BCUT2D eigenvalue weighted by Gasteiger charge is -2.19. The molecule has 0 fully saturated rings. The van der Waals surface area contributed by atoms with Crippen molar-refractivity contribution >= 4 is 16.3 Å². The fourth-order valence-corrected chi connectivity index (χ4v) is 0.555. The molecule has 0 saturated heterocycles. The number of guanidine groups is 1. The van der Waals surface area contributed by atoms with Crippen LogP contribution in [0, 0.1) is 5.41 Å². The Balaban J connectivity index is 4.24. The smallest absolute Gasteiger partial charge is 0.264 e. The Morgan fingerprint density at radius 3 is 2.00 bits per heavy atom. The Bertz CT molecular complexity index is 256. The fourth-order valence-electron chi connectivity index (χ4n) is 0.261. The van der Waals surface area contributed by atoms with Crippen molar-refractivity contribution in [2.75, 3.05) is 0 Å². The van der Waals surface area contributed by atoms with Crippen molar-refractivity contribution in [2.24, 2.45) is 22.7 Å². The molecule has 0 aromatic carbocycles. The van der Waals surface area contributed by atoms with Gasteiger partial charge >= 0.3 is 10.3 Å². The number of hydroxylamine groups is 1. The van der Waals surface area contributed by atoms with Crippen molar-refractivity contribution in [1.29, 1.82) is 5.41 Å². The molecule has 0 rings (SSSR count). The van der Waals surface area contributed by atoms with E-state index in [0.717, 1.165) is 0 Å². The normalized spacial score (nSPS) is 11.0. The van der Waals surface area contributed by atoms with Gasteiger partial charge in [0.15, 0.2) is 0 Å². The summed E-state index contributed by atoms with van der Waals surface area (Å²) in [6, 6.07) is 0. The van der Waals surface area contributed by atoms with Crippen molar-refractivity contribution < 1.29 is 12.7 Å². The summed E-state index contributed by atoms with van der Waals surface area (Å²) in [5.74, 6) is 13.7. The summed E-state index contributed by atoms with van der Waals surface area (Å²) in [7, 11) is -4.28. The summed E-state index contributed by atoms with van der Waals surface area (Å²) in [5, 5.41) is 11.5. The first-order valence-corrected chi connectivity index (χ1v) is 3.86. The average molecular weight is 199 g/mol. The van der Waals surface area contributed by atoms with Gasteiger partial charge in [0.1, 0.15) is 0 Å². The minimum atomic E-state index is -4.28. The molecule has 0 bridgehead atoms. The predicted octanol–water partition coefficient (Wildman–Crippen LogP) is -3.72. The topological polar surface area (TPSA) is 178 Å². The Hall–Kier alpha value is -0.980. The second kappa shape index (κ2) is 3.61. The standard InChI is InChI=1S/CH9N7O3S/c2-1(7(3)4)8(5)11-12(6,9)10/h2H,3-5H2,(H2,6,9,10). The van der Waals surface area contributed by atoms with Gasteiger partial charge in [-0.25, -0.2) is 27.8 Å². The van der Waals surface area contributed by atoms with Gasteiger partial charge < -0.3 is 0 Å². The number of hydrogen-bond donors (Lipinski definition) is 5. The Morgan fingerprint density at radius 2 is 1.75 bits per heavy atom. The van der Waals surface area contributed by atoms with Gasteiger partial charge in [-0.15, -0.1) is 9.46 Å². The van der Waals surface area contributed by atoms with Crippen LogP contribution in [0.1, 0.15) is 0 Å². The quantitative estimate of drug-likeness (QED) is 0.130. The van der Waals surface area contributed by atoms with Crippen molar-refractivity contribution in [1.82, 2.24) is 10.3 Å². The molecule has 12 heavy (non-hydrogen) atoms. The summed E-state index contributed by atoms with van der Waals surface area (Å²) in [4.78, 5) is 0. The molecule has 0 aliphatic carbocycles. The molecule has 0 unspecified atom stereocenters. The lowest BCUT2D eigenvalue weighted by atomic mass is 11.0. The minimum Gasteiger partial charge on any atom is -0.264 e. The van der Waals surface area contributed by atoms with Crippen molar-refractivity contribution in [3.63, 3.8) is 0 Å². The molecule has 0 spiro atoms. The average Bonchev–Trinajstić information content (AvgIpc) is 1.82. The highest BCUT2D eigenvalue weighted by Crippen LogP contribution is 1.87. The van der Waals surface area contributed by atoms with Gasteiger partial charge in [-0.05, 0) is 0 Å². The van der Waals surface area contributed by atoms with E-state index >= 15 is 0 Å². The summed E-state index contributed by atoms with van der Waals surface area (Å²) in [6.45, 7) is 0. The number of hydrogen-bond acceptors (Lipinski definition) is 7. The lowest BCUT2D eigenvalue weighted by molar-refractivity contribution is 0.00941. The third kappa shape index (κ3) is 4.02. The SMILES string of the molecule is N=C(N(N)N)N(N)OS(N)(=O)=O. The van der Waals surface area contributed by atoms with Crippen LogP contribution in [-0.4, -0.2) is 24.7 Å². The Labute approximate surface area is 68.3 Å². The first kappa shape index (κ1) is 11.0. The van der Waals surface area contributed by atoms with Crippen LogP contribution >= 0.6 is 0 Å². The maximum Gasteiger partial charge on any atom is 0.355 e. The summed E-state index contributed by atoms with van der Waals surface area (Å²) < 4.78 is 24.2. The zero-order valence-electron chi connectivity index (χ0n) is 5.84. The molecule has 0 aromatic rings. The van der Waals surface area contributed by atoms with Crippen LogP contribution in [0.2, 0.25) is 0 Å². The minimum absolute atomic E-state index is 0.00463. The molecule has 10 nitrogen and oxygen atoms in total. The molecule has 0 saturated carbocycles. The molecule has 0 amide bonds. The molecule has 9 N–H and O–H groups in total. The number of hydrazine groups is 3. The maximum atomic E-state index is 10.2. The van der Waals surface area contributed by atoms with Crippen LogP contribution in [0.15, 0.2) is 0 Å². The molecular formula is CH9N7O3S. The van der Waals surface area contributed by atoms with Gasteiger partial charge in [-0.3, -0.25) is 5.41 Å². The Morgan fingerprint density at radius 1 is 1.33 bits per heavy atom. The monoisotopic (exact) mass is 199 g/mol. The van der Waals surface area contributed by atoms with Crippen molar-refractivity contribution in [3.05, 3.63) is 0 Å². The summed E-state index contributed by atoms with van der Waals surface area (Å²) in [5.41, 5.74) is 0. The molecule has 72 valence electrons. The largest absolute Gasteiger partial charge is 0.355 e. The Kier molecular flexibility index (Phi) is 3.32. The van der Waals surface area contributed by atoms with E-state index < -0.39 is 16.3 Å². The highest BCUT2D eigenvalue weighted by Gasteiger charge is 2.15. The molecule has 0 atom stereocenters. The highest BCUT2D eigenvalue weighted by molar-refractivity contribution is 7.84. The predicted molar refractivity (Wildman–Crippen MR) is 38.2 cm³/mol. The molecule has 0 aliphatic heterocycles. The number of nitrogens with two attached hydrogens (primary N) is 4. The van der Waals surface area contributed by atoms with Crippen LogP contribution in [0.5, 0.6) is 0 Å². The number of nitrogens with one attached hydrogen (secondary N) is 1. The van der Waals surface area contributed by atoms with E-state index in [0.29, 0.717) is 0 Å². The van der Waals surface area contributed by atoms with Crippen LogP contribution in [-0.2, 0) is 14.6 Å². The van der Waals surface area contributed by atoms with Gasteiger partial charge in [0.2, 0.25) is 0 Å². The van der Waals surface area contributed by atoms with Gasteiger partial charge in [-0.2, -0.15) is 8.42 Å². The van der Waals surface area contributed by atoms with E-state index in [2.05, 4.69) is 9.42 Å². The number of nitrogens with zero attached hydrogens (tertiary/aromatic N) is 2. The van der Waals surface area contributed by atoms with E-state index in [4.69, 9.17) is 22.9 Å². The summed E-state index contributed by atoms with van der Waals surface area (Å²) >= 11 is 0. The second-order valence-electron chi connectivity index (χ2n) is 1.62. The summed E-state index contributed by atoms with van der Waals surface area (Å²) in [6.07, 6.45) is 0. The molecule has 0 aromatic heterocycles. The molecule has 0 radical (unpaired) electrons. The van der Waals surface area contributed by atoms with Crippen LogP contribution < -0.4 is 22.7 Å². The van der Waals surface area contributed by atoms with Crippen LogP contribution in [0.4, 0.5) is 0 Å². The molecule has 0 aliphatic rings. The van der Waals surface area contributed by atoms with Crippen LogP contribution in [0.25, 0.3) is 0 Å². The molecular weight excluding hydrogens is 190 g/mol. The molecule has 11 heteroatoms. The molecule has 0 heterocycles. The third-order valence-electron chi connectivity index (χ3n) is 0.638. The van der Waals surface area contributed by atoms with Gasteiger partial charge in [0, 0.05) is 0 Å². The van der Waals surface area contributed by atoms with E-state index in [9.17, 15) is 8.42 Å².